The van der Waals surface area contributed by atoms with Crippen LogP contribution in [-0.2, 0) is 45.1 Å². The third-order valence-electron chi connectivity index (χ3n) is 9.79. The first kappa shape index (κ1) is 45.9. The van der Waals surface area contributed by atoms with Crippen LogP contribution >= 0.6 is 0 Å². The normalized spacial score (nSPS) is 12.0. The summed E-state index contributed by atoms with van der Waals surface area (Å²) in [6.45, 7) is 10.7. The van der Waals surface area contributed by atoms with Crippen LogP contribution in [0.1, 0.15) is 57.0 Å². The summed E-state index contributed by atoms with van der Waals surface area (Å²) in [4.78, 5) is 49.1. The Morgan fingerprint density at radius 1 is 0.778 bits per heavy atom. The van der Waals surface area contributed by atoms with E-state index in [4.69, 9.17) is 19.3 Å². The van der Waals surface area contributed by atoms with Crippen LogP contribution in [0.5, 0.6) is 5.75 Å². The number of aromatic nitrogens is 3. The molecule has 0 bridgehead atoms. The van der Waals surface area contributed by atoms with Crippen LogP contribution in [0.3, 0.4) is 0 Å². The van der Waals surface area contributed by atoms with Crippen molar-refractivity contribution in [3.05, 3.63) is 156 Å². The Balaban J connectivity index is 1.28. The molecule has 0 unspecified atom stereocenters. The van der Waals surface area contributed by atoms with E-state index in [1.165, 1.54) is 5.01 Å². The molecule has 0 spiro atoms. The van der Waals surface area contributed by atoms with E-state index in [0.29, 0.717) is 24.7 Å². The van der Waals surface area contributed by atoms with Gasteiger partial charge in [0.05, 0.1) is 36.5 Å². The number of carbonyl (C=O) groups excluding carboxylic acids is 3. The van der Waals surface area contributed by atoms with Crippen molar-refractivity contribution in [2.45, 2.75) is 78.6 Å². The molecule has 2 aromatic heterocycles. The highest BCUT2D eigenvalue weighted by Gasteiger charge is 2.30. The number of hydrazine groups is 1. The highest BCUT2D eigenvalue weighted by Crippen LogP contribution is 2.22. The second-order valence-corrected chi connectivity index (χ2v) is 16.0. The average Bonchev–Trinajstić information content (AvgIpc) is 3.74. The second kappa shape index (κ2) is 22.5. The highest BCUT2D eigenvalue weighted by atomic mass is 16.7. The standard InChI is InChI=1S/C49H58N8O6/c1-6-61-45(62-7-2)35-55(32-39-19-14-18-38-20-15-28-50-46(38)39)47(59)43(30-36-23-25-42(26-24-36)63-49(3,4)5)52-44(58)34-56(54-48(60)51-31-37-16-10-8-11-17-37)33-40-27-29-57(53-40)41-21-12-9-13-22-41/h8-29,43,45H,6-7,30-35H2,1-5H3,(H,52,58)(H2,51,54,60)/t43-/m0/s1. The fraction of sp³-hybridized carbons (Fsp3) is 0.327. The molecule has 0 radical (unpaired) electrons. The zero-order valence-corrected chi connectivity index (χ0v) is 36.7. The van der Waals surface area contributed by atoms with Crippen LogP contribution in [-0.4, -0.2) is 86.8 Å². The van der Waals surface area contributed by atoms with Crippen LogP contribution in [0.25, 0.3) is 16.6 Å². The average molecular weight is 855 g/mol. The number of amides is 4. The Morgan fingerprint density at radius 3 is 2.17 bits per heavy atom. The SMILES string of the molecule is CCOC(CN(Cc1cccc2cccnc12)C(=O)[C@H](Cc1ccc(OC(C)(C)C)cc1)NC(=O)CN(Cc1ccn(-c2ccccc2)n1)NC(=O)NCc1ccccc1)OCC. The summed E-state index contributed by atoms with van der Waals surface area (Å²) in [6, 6.07) is 36.7. The van der Waals surface area contributed by atoms with Crippen LogP contribution in [0.2, 0.25) is 0 Å². The molecule has 4 aromatic carbocycles. The predicted octanol–water partition coefficient (Wildman–Crippen LogP) is 6.97. The first-order chi connectivity index (χ1) is 30.5. The second-order valence-electron chi connectivity index (χ2n) is 16.0. The summed E-state index contributed by atoms with van der Waals surface area (Å²) in [5, 5.41) is 13.0. The molecule has 0 aliphatic carbocycles. The zero-order chi connectivity index (χ0) is 44.6. The molecule has 4 amide bonds. The summed E-state index contributed by atoms with van der Waals surface area (Å²) in [5.74, 6) is -0.163. The van der Waals surface area contributed by atoms with Gasteiger partial charge in [-0.1, -0.05) is 84.9 Å². The van der Waals surface area contributed by atoms with Crippen LogP contribution in [0.4, 0.5) is 4.79 Å². The van der Waals surface area contributed by atoms with Gasteiger partial charge in [0.2, 0.25) is 11.8 Å². The molecule has 1 atom stereocenters. The molecule has 0 saturated carbocycles. The van der Waals surface area contributed by atoms with Crippen molar-refractivity contribution < 1.29 is 28.6 Å². The summed E-state index contributed by atoms with van der Waals surface area (Å²) < 4.78 is 19.7. The van der Waals surface area contributed by atoms with Crippen molar-refractivity contribution in [3.63, 3.8) is 0 Å². The Hall–Kier alpha value is -6.61. The van der Waals surface area contributed by atoms with Gasteiger partial charge in [0, 0.05) is 50.5 Å². The van der Waals surface area contributed by atoms with Gasteiger partial charge in [-0.3, -0.25) is 20.0 Å². The van der Waals surface area contributed by atoms with Gasteiger partial charge in [-0.15, -0.1) is 0 Å². The topological polar surface area (TPSA) is 152 Å². The molecular formula is C49H58N8O6. The third-order valence-corrected chi connectivity index (χ3v) is 9.79. The minimum atomic E-state index is -1.04. The number of nitrogens with one attached hydrogen (secondary N) is 3. The fourth-order valence-corrected chi connectivity index (χ4v) is 7.02. The van der Waals surface area contributed by atoms with Gasteiger partial charge in [0.15, 0.2) is 6.29 Å². The molecule has 14 heteroatoms. The molecule has 0 saturated heterocycles. The predicted molar refractivity (Wildman–Crippen MR) is 242 cm³/mol. The smallest absolute Gasteiger partial charge is 0.329 e. The maximum atomic E-state index is 15.1. The quantitative estimate of drug-likeness (QED) is 0.0515. The monoisotopic (exact) mass is 854 g/mol. The summed E-state index contributed by atoms with van der Waals surface area (Å²) >= 11 is 0. The lowest BCUT2D eigenvalue weighted by Gasteiger charge is -2.32. The highest BCUT2D eigenvalue weighted by molar-refractivity contribution is 5.89. The zero-order valence-electron chi connectivity index (χ0n) is 36.7. The van der Waals surface area contributed by atoms with Gasteiger partial charge in [-0.2, -0.15) is 5.10 Å². The Kier molecular flexibility index (Phi) is 16.4. The maximum Gasteiger partial charge on any atom is 0.329 e. The molecule has 2 heterocycles. The summed E-state index contributed by atoms with van der Waals surface area (Å²) in [5.41, 5.74) is 7.21. The summed E-state index contributed by atoms with van der Waals surface area (Å²) in [6.07, 6.45) is 2.99. The van der Waals surface area contributed by atoms with Gasteiger partial charge in [-0.25, -0.2) is 14.5 Å². The summed E-state index contributed by atoms with van der Waals surface area (Å²) in [7, 11) is 0. The number of urea groups is 1. The lowest BCUT2D eigenvalue weighted by atomic mass is 10.0. The van der Waals surface area contributed by atoms with Crippen molar-refractivity contribution in [2.24, 2.45) is 0 Å². The van der Waals surface area contributed by atoms with Crippen molar-refractivity contribution in [2.75, 3.05) is 26.3 Å². The van der Waals surface area contributed by atoms with E-state index in [1.54, 1.807) is 15.8 Å². The van der Waals surface area contributed by atoms with Gasteiger partial charge < -0.3 is 29.7 Å². The molecule has 6 rings (SSSR count). The van der Waals surface area contributed by atoms with Gasteiger partial charge in [0.1, 0.15) is 17.4 Å². The lowest BCUT2D eigenvalue weighted by Crippen LogP contribution is -2.55. The van der Waals surface area contributed by atoms with E-state index in [9.17, 15) is 9.59 Å². The molecule has 3 N–H and O–H groups in total. The van der Waals surface area contributed by atoms with Crippen LogP contribution in [0.15, 0.2) is 134 Å². The third kappa shape index (κ3) is 14.2. The van der Waals surface area contributed by atoms with Crippen molar-refractivity contribution in [3.8, 4) is 11.4 Å². The lowest BCUT2D eigenvalue weighted by molar-refractivity contribution is -0.161. The van der Waals surface area contributed by atoms with Gasteiger partial charge in [-0.05, 0) is 87.7 Å². The van der Waals surface area contributed by atoms with E-state index in [1.807, 2.05) is 162 Å². The number of nitrogens with zero attached hydrogens (tertiary/aromatic N) is 5. The first-order valence-corrected chi connectivity index (χ1v) is 21.3. The molecule has 0 aliphatic heterocycles. The number of ether oxygens (including phenoxy) is 3. The van der Waals surface area contributed by atoms with Crippen molar-refractivity contribution in [1.82, 2.24) is 40.7 Å². The maximum absolute atomic E-state index is 15.1. The fourth-order valence-electron chi connectivity index (χ4n) is 7.02. The molecule has 63 heavy (non-hydrogen) atoms. The van der Waals surface area contributed by atoms with E-state index in [0.717, 1.165) is 33.3 Å². The minimum Gasteiger partial charge on any atom is -0.488 e. The minimum absolute atomic E-state index is 0.0878. The molecule has 0 aliphatic rings. The van der Waals surface area contributed by atoms with Crippen LogP contribution < -0.4 is 20.8 Å². The number of pyridine rings is 1. The van der Waals surface area contributed by atoms with E-state index in [-0.39, 0.29) is 45.1 Å². The number of fused-ring (bicyclic) bond motifs is 1. The van der Waals surface area contributed by atoms with Crippen LogP contribution in [0, 0.1) is 0 Å². The molecular weight excluding hydrogens is 797 g/mol. The first-order valence-electron chi connectivity index (χ1n) is 21.3. The number of carbonyl (C=O) groups is 3. The number of hydrogen-bond acceptors (Lipinski definition) is 9. The van der Waals surface area contributed by atoms with Gasteiger partial charge in [0.25, 0.3) is 0 Å². The van der Waals surface area contributed by atoms with E-state index in [2.05, 4.69) is 21.0 Å². The molecule has 330 valence electrons. The van der Waals surface area contributed by atoms with Crippen molar-refractivity contribution >= 4 is 28.7 Å². The Labute approximate surface area is 369 Å². The Bertz CT molecular complexity index is 2360. The number of para-hydroxylation sites is 2. The Morgan fingerprint density at radius 2 is 1.48 bits per heavy atom. The molecule has 14 nitrogen and oxygen atoms in total. The number of hydrogen-bond donors (Lipinski definition) is 3. The van der Waals surface area contributed by atoms with Crippen molar-refractivity contribution in [1.29, 1.82) is 0 Å². The molecule has 0 fully saturated rings. The van der Waals surface area contributed by atoms with E-state index >= 15 is 4.79 Å². The molecule has 6 aromatic rings. The number of benzene rings is 4. The largest absolute Gasteiger partial charge is 0.488 e. The number of rotatable bonds is 21. The van der Waals surface area contributed by atoms with Gasteiger partial charge >= 0.3 is 6.03 Å². The van der Waals surface area contributed by atoms with E-state index < -0.39 is 29.9 Å².